The summed E-state index contributed by atoms with van der Waals surface area (Å²) in [6, 6.07) is 34.4. The van der Waals surface area contributed by atoms with Crippen molar-refractivity contribution < 1.29 is 9.13 Å². The smallest absolute Gasteiger partial charge is 0.248 e. The first-order valence-electron chi connectivity index (χ1n) is 16.2. The maximum absolute atomic E-state index is 5.18. The molecule has 0 radical (unpaired) electrons. The van der Waals surface area contributed by atoms with Gasteiger partial charge in [0.1, 0.15) is 25.6 Å². The first-order chi connectivity index (χ1) is 23.2. The largest absolute Gasteiger partial charge is 0.326 e. The molecular formula is C40H38N8+2. The highest BCUT2D eigenvalue weighted by Crippen LogP contribution is 2.32. The number of pyridine rings is 2. The minimum absolute atomic E-state index is 0.910. The zero-order valence-electron chi connectivity index (χ0n) is 28.4. The van der Waals surface area contributed by atoms with Crippen molar-refractivity contribution in [3.05, 3.63) is 115 Å². The van der Waals surface area contributed by atoms with Crippen LogP contribution in [0.25, 0.3) is 78.9 Å². The van der Waals surface area contributed by atoms with Crippen molar-refractivity contribution in [3.63, 3.8) is 0 Å². The normalized spacial score (nSPS) is 11.6. The SMILES string of the molecule is Cc1cc(-c2ccc3c(c2)nc(-c2cccc(-c4nc5ccccc5n4C)[n+]2C)n3C)ccc1-c1cccc(-c2cnc(C)n2C)[n+]1C. The molecule has 8 nitrogen and oxygen atoms in total. The van der Waals surface area contributed by atoms with E-state index < -0.39 is 0 Å². The molecule has 0 saturated carbocycles. The molecule has 5 aromatic heterocycles. The highest BCUT2D eigenvalue weighted by molar-refractivity contribution is 5.86. The lowest BCUT2D eigenvalue weighted by atomic mass is 9.97. The van der Waals surface area contributed by atoms with Crippen LogP contribution in [-0.4, -0.2) is 28.7 Å². The molecule has 0 aliphatic heterocycles. The molecule has 0 atom stereocenters. The third-order valence-corrected chi connectivity index (χ3v) is 9.91. The summed E-state index contributed by atoms with van der Waals surface area (Å²) >= 11 is 0. The standard InChI is InChI=1S/C40H38N8/c1-25-22-27(18-20-29(25)32-14-10-15-35(45(32)4)38-24-41-26(2)44(38)3)28-19-21-34-31(23-28)43-40(48(34)7)37-17-11-16-36(46(37)5)39-42-30-12-8-9-13-33(30)47(39)6/h8-24H,1-7H3/q+2. The fourth-order valence-electron chi connectivity index (χ4n) is 7.00. The summed E-state index contributed by atoms with van der Waals surface area (Å²) in [5, 5.41) is 0. The van der Waals surface area contributed by atoms with Crippen molar-refractivity contribution in [1.82, 2.24) is 28.7 Å². The Morgan fingerprint density at radius 2 is 1.12 bits per heavy atom. The molecule has 0 spiro atoms. The minimum atomic E-state index is 0.910. The van der Waals surface area contributed by atoms with E-state index in [0.717, 1.165) is 73.6 Å². The highest BCUT2D eigenvalue weighted by atomic mass is 15.1. The molecule has 0 fully saturated rings. The minimum Gasteiger partial charge on any atom is -0.326 e. The first kappa shape index (κ1) is 29.5. The van der Waals surface area contributed by atoms with Crippen molar-refractivity contribution in [2.75, 3.05) is 0 Å². The van der Waals surface area contributed by atoms with Crippen LogP contribution in [0.3, 0.4) is 0 Å². The highest BCUT2D eigenvalue weighted by Gasteiger charge is 2.25. The second-order valence-corrected chi connectivity index (χ2v) is 12.7. The molecule has 0 N–H and O–H groups in total. The van der Waals surface area contributed by atoms with Crippen LogP contribution in [-0.2, 0) is 35.2 Å². The van der Waals surface area contributed by atoms with E-state index in [1.807, 2.05) is 19.2 Å². The van der Waals surface area contributed by atoms with Gasteiger partial charge < -0.3 is 13.7 Å². The quantitative estimate of drug-likeness (QED) is 0.197. The summed E-state index contributed by atoms with van der Waals surface area (Å²) in [6.45, 7) is 4.22. The number of imidazole rings is 3. The van der Waals surface area contributed by atoms with Crippen LogP contribution in [0.5, 0.6) is 0 Å². The van der Waals surface area contributed by atoms with Gasteiger partial charge in [-0.25, -0.2) is 15.0 Å². The van der Waals surface area contributed by atoms with Crippen LogP contribution in [0, 0.1) is 13.8 Å². The van der Waals surface area contributed by atoms with E-state index >= 15 is 0 Å². The van der Waals surface area contributed by atoms with Gasteiger partial charge in [0.15, 0.2) is 0 Å². The van der Waals surface area contributed by atoms with Crippen LogP contribution in [0.1, 0.15) is 11.4 Å². The molecule has 0 bridgehead atoms. The summed E-state index contributed by atoms with van der Waals surface area (Å²) in [5.74, 6) is 2.83. The Morgan fingerprint density at radius 3 is 1.79 bits per heavy atom. The number of hydrogen-bond donors (Lipinski definition) is 0. The summed E-state index contributed by atoms with van der Waals surface area (Å²) < 4.78 is 10.9. The number of nitrogens with zero attached hydrogens (tertiary/aromatic N) is 8. The molecule has 0 amide bonds. The van der Waals surface area contributed by atoms with Gasteiger partial charge in [-0.3, -0.25) is 0 Å². The van der Waals surface area contributed by atoms with Gasteiger partial charge >= 0.3 is 0 Å². The topological polar surface area (TPSA) is 61.2 Å². The number of aryl methyl sites for hydroxylation is 4. The molecule has 8 rings (SSSR count). The van der Waals surface area contributed by atoms with Gasteiger partial charge in [0, 0.05) is 51.0 Å². The van der Waals surface area contributed by atoms with Gasteiger partial charge in [-0.05, 0) is 73.0 Å². The molecule has 5 heterocycles. The van der Waals surface area contributed by atoms with E-state index in [1.54, 1.807) is 0 Å². The van der Waals surface area contributed by atoms with E-state index in [-0.39, 0.29) is 0 Å². The molecule has 236 valence electrons. The second kappa shape index (κ2) is 11.1. The van der Waals surface area contributed by atoms with Crippen molar-refractivity contribution in [3.8, 4) is 56.8 Å². The third kappa shape index (κ3) is 4.55. The Balaban J connectivity index is 1.15. The maximum atomic E-state index is 5.18. The predicted octanol–water partition coefficient (Wildman–Crippen LogP) is 6.79. The Hall–Kier alpha value is -5.89. The third-order valence-electron chi connectivity index (χ3n) is 9.91. The van der Waals surface area contributed by atoms with Crippen molar-refractivity contribution in [1.29, 1.82) is 0 Å². The summed E-state index contributed by atoms with van der Waals surface area (Å²) in [7, 11) is 10.4. The fourth-order valence-corrected chi connectivity index (χ4v) is 7.00. The molecule has 3 aromatic carbocycles. The Kier molecular flexibility index (Phi) is 6.84. The van der Waals surface area contributed by atoms with Crippen LogP contribution >= 0.6 is 0 Å². The molecule has 8 heteroatoms. The fraction of sp³-hybridized carbons (Fsp3) is 0.175. The van der Waals surface area contributed by atoms with Crippen molar-refractivity contribution in [2.24, 2.45) is 35.2 Å². The van der Waals surface area contributed by atoms with Gasteiger partial charge in [0.05, 0.1) is 28.3 Å². The van der Waals surface area contributed by atoms with Crippen LogP contribution in [0.15, 0.2) is 103 Å². The van der Waals surface area contributed by atoms with Crippen LogP contribution in [0.2, 0.25) is 0 Å². The lowest BCUT2D eigenvalue weighted by Crippen LogP contribution is -2.35. The number of benzene rings is 3. The zero-order valence-corrected chi connectivity index (χ0v) is 28.4. The summed E-state index contributed by atoms with van der Waals surface area (Å²) in [6.07, 6.45) is 1.95. The van der Waals surface area contributed by atoms with Gasteiger partial charge in [-0.15, -0.1) is 0 Å². The number of para-hydroxylation sites is 2. The lowest BCUT2D eigenvalue weighted by Gasteiger charge is -2.10. The Morgan fingerprint density at radius 1 is 0.542 bits per heavy atom. The van der Waals surface area contributed by atoms with E-state index in [1.165, 1.54) is 16.7 Å². The molecule has 0 aliphatic rings. The molecule has 0 aliphatic carbocycles. The summed E-state index contributed by atoms with van der Waals surface area (Å²) in [5.41, 5.74) is 14.3. The molecule has 0 unspecified atom stereocenters. The number of fused-ring (bicyclic) bond motifs is 2. The Bertz CT molecular complexity index is 2550. The van der Waals surface area contributed by atoms with E-state index in [9.17, 15) is 0 Å². The van der Waals surface area contributed by atoms with Crippen LogP contribution in [0.4, 0.5) is 0 Å². The van der Waals surface area contributed by atoms with Gasteiger partial charge in [-0.2, -0.15) is 9.13 Å². The van der Waals surface area contributed by atoms with E-state index in [2.05, 4.69) is 161 Å². The average molecular weight is 631 g/mol. The molecule has 48 heavy (non-hydrogen) atoms. The Labute approximate surface area is 279 Å². The second-order valence-electron chi connectivity index (χ2n) is 12.7. The molecular weight excluding hydrogens is 592 g/mol. The van der Waals surface area contributed by atoms with Gasteiger partial charge in [-0.1, -0.05) is 30.3 Å². The van der Waals surface area contributed by atoms with E-state index in [0.29, 0.717) is 0 Å². The zero-order chi connectivity index (χ0) is 33.3. The van der Waals surface area contributed by atoms with Gasteiger partial charge in [0.25, 0.3) is 0 Å². The average Bonchev–Trinajstić information content (AvgIpc) is 3.73. The van der Waals surface area contributed by atoms with Crippen molar-refractivity contribution >= 4 is 22.1 Å². The molecule has 8 aromatic rings. The number of aromatic nitrogens is 8. The van der Waals surface area contributed by atoms with E-state index in [4.69, 9.17) is 9.97 Å². The number of hydrogen-bond acceptors (Lipinski definition) is 3. The lowest BCUT2D eigenvalue weighted by molar-refractivity contribution is -0.650. The number of rotatable bonds is 5. The van der Waals surface area contributed by atoms with Gasteiger partial charge in [0.2, 0.25) is 34.4 Å². The first-order valence-corrected chi connectivity index (χ1v) is 16.2. The monoisotopic (exact) mass is 630 g/mol. The molecule has 0 saturated heterocycles. The predicted molar refractivity (Wildman–Crippen MR) is 191 cm³/mol. The summed E-state index contributed by atoms with van der Waals surface area (Å²) in [4.78, 5) is 14.7. The van der Waals surface area contributed by atoms with Crippen molar-refractivity contribution in [2.45, 2.75) is 13.8 Å². The maximum Gasteiger partial charge on any atom is 0.248 e. The van der Waals surface area contributed by atoms with Crippen LogP contribution < -0.4 is 9.13 Å².